The van der Waals surface area contributed by atoms with Crippen LogP contribution in [0.5, 0.6) is 0 Å². The molecule has 3 nitrogen and oxygen atoms in total. The minimum Gasteiger partial charge on any atom is -0.497 e. The Balaban J connectivity index is 2.22. The zero-order valence-electron chi connectivity index (χ0n) is 10.9. The molecule has 0 amide bonds. The molecule has 0 bridgehead atoms. The van der Waals surface area contributed by atoms with Gasteiger partial charge in [-0.25, -0.2) is 0 Å². The largest absolute Gasteiger partial charge is 0.497 e. The Hall–Kier alpha value is -0.583. The monoisotopic (exact) mass is 254 g/mol. The van der Waals surface area contributed by atoms with Gasteiger partial charge in [-0.15, -0.1) is 0 Å². The molecule has 2 aliphatic rings. The molecule has 0 aromatic rings. The molecule has 1 fully saturated rings. The van der Waals surface area contributed by atoms with E-state index < -0.39 is 8.56 Å². The molecule has 0 aromatic heterocycles. The number of methoxy groups -OCH3 is 1. The van der Waals surface area contributed by atoms with Gasteiger partial charge < -0.3 is 13.6 Å². The number of allylic oxidation sites excluding steroid dienone is 3. The van der Waals surface area contributed by atoms with E-state index in [-0.39, 0.29) is 5.54 Å². The van der Waals surface area contributed by atoms with Crippen LogP contribution in [0, 0.1) is 0 Å². The number of rotatable bonds is 5. The van der Waals surface area contributed by atoms with Gasteiger partial charge in [0.15, 0.2) is 0 Å². The molecule has 1 saturated carbocycles. The average molecular weight is 254 g/mol. The van der Waals surface area contributed by atoms with Gasteiger partial charge in [0.2, 0.25) is 0 Å². The van der Waals surface area contributed by atoms with Crippen LogP contribution in [0.1, 0.15) is 25.7 Å². The predicted octanol–water partition coefficient (Wildman–Crippen LogP) is 3.14. The van der Waals surface area contributed by atoms with E-state index in [4.69, 9.17) is 13.6 Å². The van der Waals surface area contributed by atoms with Crippen LogP contribution in [-0.2, 0) is 13.6 Å². The van der Waals surface area contributed by atoms with E-state index in [9.17, 15) is 0 Å². The van der Waals surface area contributed by atoms with Gasteiger partial charge in [-0.05, 0) is 25.0 Å². The molecule has 0 radical (unpaired) electrons. The summed E-state index contributed by atoms with van der Waals surface area (Å²) >= 11 is 0. The van der Waals surface area contributed by atoms with Crippen molar-refractivity contribution in [2.24, 2.45) is 0 Å². The highest BCUT2D eigenvalue weighted by Gasteiger charge is 2.51. The summed E-state index contributed by atoms with van der Waals surface area (Å²) in [5.74, 6) is 0.930. The molecule has 1 atom stereocenters. The first-order chi connectivity index (χ1) is 8.26. The van der Waals surface area contributed by atoms with Crippen LogP contribution in [0.2, 0.25) is 11.1 Å². The number of ether oxygens (including phenoxy) is 1. The normalized spacial score (nSPS) is 25.4. The highest BCUT2D eigenvalue weighted by Crippen LogP contribution is 2.47. The summed E-state index contributed by atoms with van der Waals surface area (Å²) in [5, 5.41) is 0. The topological polar surface area (TPSA) is 27.7 Å². The third kappa shape index (κ3) is 2.21. The van der Waals surface area contributed by atoms with Crippen LogP contribution in [-0.4, -0.2) is 29.9 Å². The van der Waals surface area contributed by atoms with Crippen LogP contribution in [0.3, 0.4) is 0 Å². The predicted molar refractivity (Wildman–Crippen MR) is 70.0 cm³/mol. The summed E-state index contributed by atoms with van der Waals surface area (Å²) < 4.78 is 17.1. The van der Waals surface area contributed by atoms with E-state index in [1.54, 1.807) is 21.3 Å². The molecule has 0 N–H and O–H groups in total. The van der Waals surface area contributed by atoms with Gasteiger partial charge in [0.05, 0.1) is 7.11 Å². The number of hydrogen-bond donors (Lipinski definition) is 0. The summed E-state index contributed by atoms with van der Waals surface area (Å²) in [5.41, 5.74) is 0.898. The van der Waals surface area contributed by atoms with Crippen molar-refractivity contribution in [1.82, 2.24) is 0 Å². The highest BCUT2D eigenvalue weighted by atomic mass is 28.4. The fourth-order valence-corrected chi connectivity index (χ4v) is 7.06. The van der Waals surface area contributed by atoms with Gasteiger partial charge in [0, 0.05) is 25.3 Å². The average Bonchev–Trinajstić information content (AvgIpc) is 3.02. The minimum atomic E-state index is -2.18. The minimum absolute atomic E-state index is 0.288. The molecule has 96 valence electrons. The molecule has 0 saturated heterocycles. The molecule has 4 heteroatoms. The van der Waals surface area contributed by atoms with Crippen LogP contribution in [0.4, 0.5) is 0 Å². The second-order valence-electron chi connectivity index (χ2n) is 4.77. The van der Waals surface area contributed by atoms with Crippen molar-refractivity contribution in [2.45, 2.75) is 36.8 Å². The summed E-state index contributed by atoms with van der Waals surface area (Å²) in [6.07, 6.45) is 11.5. The Morgan fingerprint density at radius 2 is 1.76 bits per heavy atom. The third-order valence-corrected chi connectivity index (χ3v) is 8.35. The van der Waals surface area contributed by atoms with Crippen molar-refractivity contribution in [3.8, 4) is 0 Å². The van der Waals surface area contributed by atoms with Crippen molar-refractivity contribution in [3.63, 3.8) is 0 Å². The first-order valence-corrected chi connectivity index (χ1v) is 8.28. The molecule has 1 unspecified atom stereocenters. The Kier molecular flexibility index (Phi) is 4.07. The molecule has 2 rings (SSSR count). The first-order valence-electron chi connectivity index (χ1n) is 6.31. The van der Waals surface area contributed by atoms with Gasteiger partial charge in [0.1, 0.15) is 5.76 Å². The van der Waals surface area contributed by atoms with Gasteiger partial charge in [0.25, 0.3) is 0 Å². The first kappa shape index (κ1) is 12.9. The fourth-order valence-electron chi connectivity index (χ4n) is 3.16. The van der Waals surface area contributed by atoms with E-state index in [1.165, 1.54) is 25.7 Å². The van der Waals surface area contributed by atoms with E-state index in [1.807, 2.05) is 6.08 Å². The zero-order chi connectivity index (χ0) is 12.3. The maximum absolute atomic E-state index is 5.91. The number of hydrogen-bond acceptors (Lipinski definition) is 3. The lowest BCUT2D eigenvalue weighted by molar-refractivity contribution is 0.225. The zero-order valence-corrected chi connectivity index (χ0v) is 11.9. The second-order valence-corrected chi connectivity index (χ2v) is 8.51. The Labute approximate surface area is 105 Å². The Bertz CT molecular complexity index is 315. The van der Waals surface area contributed by atoms with Gasteiger partial charge in [-0.2, -0.15) is 0 Å². The van der Waals surface area contributed by atoms with Crippen LogP contribution in [0.25, 0.3) is 0 Å². The van der Waals surface area contributed by atoms with Crippen LogP contribution >= 0.6 is 0 Å². The maximum atomic E-state index is 5.91. The Morgan fingerprint density at radius 1 is 1.12 bits per heavy atom. The molecule has 0 spiro atoms. The van der Waals surface area contributed by atoms with E-state index in [2.05, 4.69) is 12.2 Å². The Morgan fingerprint density at radius 3 is 2.24 bits per heavy atom. The summed E-state index contributed by atoms with van der Waals surface area (Å²) in [7, 11) is 3.14. The van der Waals surface area contributed by atoms with Gasteiger partial charge in [-0.1, -0.05) is 18.9 Å². The van der Waals surface area contributed by atoms with Crippen LogP contribution in [0.15, 0.2) is 24.0 Å². The molecule has 0 aromatic carbocycles. The lowest BCUT2D eigenvalue weighted by Crippen LogP contribution is -2.47. The fraction of sp³-hybridized carbons (Fsp3) is 0.692. The van der Waals surface area contributed by atoms with Crippen molar-refractivity contribution >= 4 is 8.56 Å². The van der Waals surface area contributed by atoms with Crippen LogP contribution < -0.4 is 0 Å². The van der Waals surface area contributed by atoms with Crippen molar-refractivity contribution in [3.05, 3.63) is 24.0 Å². The maximum Gasteiger partial charge on any atom is 0.352 e. The molecule has 2 aliphatic carbocycles. The highest BCUT2D eigenvalue weighted by molar-refractivity contribution is 6.71. The lowest BCUT2D eigenvalue weighted by Gasteiger charge is -2.36. The summed E-state index contributed by atoms with van der Waals surface area (Å²) in [4.78, 5) is 0. The standard InChI is InChI=1S/C13H22O3Si/c1-14-11-8-9-13(10-11)17(15-2,16-3)12-6-4-5-7-12/h8-10,12-13H,4-7H2,1-3H3. The van der Waals surface area contributed by atoms with Crippen molar-refractivity contribution in [2.75, 3.05) is 21.3 Å². The lowest BCUT2D eigenvalue weighted by atomic mass is 10.4. The molecule has 0 aliphatic heterocycles. The van der Waals surface area contributed by atoms with Crippen molar-refractivity contribution in [1.29, 1.82) is 0 Å². The van der Waals surface area contributed by atoms with E-state index in [0.29, 0.717) is 5.54 Å². The molecule has 17 heavy (non-hydrogen) atoms. The molecular weight excluding hydrogens is 232 g/mol. The smallest absolute Gasteiger partial charge is 0.352 e. The summed E-state index contributed by atoms with van der Waals surface area (Å²) in [6, 6.07) is 0. The van der Waals surface area contributed by atoms with Crippen molar-refractivity contribution < 1.29 is 13.6 Å². The van der Waals surface area contributed by atoms with E-state index >= 15 is 0 Å². The SMILES string of the molecule is COC1=CC([Si](OC)(OC)C2CCCC2)C=C1. The van der Waals surface area contributed by atoms with E-state index in [0.717, 1.165) is 5.76 Å². The quantitative estimate of drug-likeness (QED) is 0.705. The van der Waals surface area contributed by atoms with Gasteiger partial charge >= 0.3 is 8.56 Å². The van der Waals surface area contributed by atoms with Gasteiger partial charge in [-0.3, -0.25) is 0 Å². The second kappa shape index (κ2) is 5.37. The molecular formula is C13H22O3Si. The summed E-state index contributed by atoms with van der Waals surface area (Å²) in [6.45, 7) is 0. The molecule has 0 heterocycles. The third-order valence-electron chi connectivity index (χ3n) is 4.07.